The summed E-state index contributed by atoms with van der Waals surface area (Å²) in [4.78, 5) is 23.0. The van der Waals surface area contributed by atoms with Crippen LogP contribution in [0.4, 0.5) is 0 Å². The van der Waals surface area contributed by atoms with Crippen LogP contribution in [0.2, 0.25) is 0 Å². The first-order chi connectivity index (χ1) is 10.0. The van der Waals surface area contributed by atoms with Gasteiger partial charge in [-0.25, -0.2) is 4.79 Å². The maximum absolute atomic E-state index is 11.7. The molecular formula is C14H16BrNO5. The largest absolute Gasteiger partial charge is 0.496 e. The first kappa shape index (κ1) is 17.2. The monoisotopic (exact) mass is 357 g/mol. The second-order valence-electron chi connectivity index (χ2n) is 3.99. The van der Waals surface area contributed by atoms with E-state index in [2.05, 4.69) is 26.0 Å². The molecule has 0 heterocycles. The van der Waals surface area contributed by atoms with Crippen LogP contribution < -0.4 is 10.1 Å². The molecule has 21 heavy (non-hydrogen) atoms. The topological polar surface area (TPSA) is 84.9 Å². The zero-order chi connectivity index (χ0) is 15.8. The molecule has 0 bridgehead atoms. The summed E-state index contributed by atoms with van der Waals surface area (Å²) in [5.41, 5.74) is 0.695. The van der Waals surface area contributed by atoms with Gasteiger partial charge in [0.15, 0.2) is 6.04 Å². The first-order valence-electron chi connectivity index (χ1n) is 6.02. The average Bonchev–Trinajstić information content (AvgIpc) is 2.49. The average molecular weight is 358 g/mol. The van der Waals surface area contributed by atoms with Gasteiger partial charge in [-0.05, 0) is 24.3 Å². The number of aliphatic hydroxyl groups is 1. The van der Waals surface area contributed by atoms with Crippen LogP contribution >= 0.6 is 15.9 Å². The van der Waals surface area contributed by atoms with Gasteiger partial charge in [0.25, 0.3) is 0 Å². The summed E-state index contributed by atoms with van der Waals surface area (Å²) in [5, 5.41) is 11.4. The minimum Gasteiger partial charge on any atom is -0.496 e. The summed E-state index contributed by atoms with van der Waals surface area (Å²) in [5.74, 6) is -0.630. The highest BCUT2D eigenvalue weighted by atomic mass is 79.9. The smallest absolute Gasteiger partial charge is 0.330 e. The molecule has 0 saturated heterocycles. The Bertz CT molecular complexity index is 544. The van der Waals surface area contributed by atoms with Gasteiger partial charge in [-0.15, -0.1) is 0 Å². The van der Waals surface area contributed by atoms with Crippen molar-refractivity contribution in [2.45, 2.75) is 6.04 Å². The second-order valence-corrected chi connectivity index (χ2v) is 4.90. The van der Waals surface area contributed by atoms with Crippen molar-refractivity contribution >= 4 is 33.9 Å². The number of carbonyl (C=O) groups is 2. The lowest BCUT2D eigenvalue weighted by Gasteiger charge is -2.12. The minimum atomic E-state index is -1.09. The molecule has 0 aliphatic heterocycles. The van der Waals surface area contributed by atoms with Crippen LogP contribution in [0.5, 0.6) is 5.75 Å². The third-order valence-electron chi connectivity index (χ3n) is 2.59. The Morgan fingerprint density at radius 3 is 2.71 bits per heavy atom. The van der Waals surface area contributed by atoms with Crippen molar-refractivity contribution in [1.29, 1.82) is 0 Å². The fourth-order valence-corrected chi connectivity index (χ4v) is 1.92. The summed E-state index contributed by atoms with van der Waals surface area (Å²) < 4.78 is 10.5. The van der Waals surface area contributed by atoms with Gasteiger partial charge in [-0.1, -0.05) is 15.9 Å². The van der Waals surface area contributed by atoms with Gasteiger partial charge in [-0.2, -0.15) is 0 Å². The predicted octanol–water partition coefficient (Wildman–Crippen LogP) is 1.12. The summed E-state index contributed by atoms with van der Waals surface area (Å²) in [6, 6.07) is 4.27. The number of hydrogen-bond donors (Lipinski definition) is 2. The number of rotatable bonds is 6. The number of esters is 1. The number of nitrogens with one attached hydrogen (secondary N) is 1. The van der Waals surface area contributed by atoms with Crippen LogP contribution in [0.1, 0.15) is 5.56 Å². The van der Waals surface area contributed by atoms with Crippen molar-refractivity contribution in [1.82, 2.24) is 5.32 Å². The van der Waals surface area contributed by atoms with Gasteiger partial charge < -0.3 is 19.9 Å². The van der Waals surface area contributed by atoms with Gasteiger partial charge in [0.2, 0.25) is 5.91 Å². The third-order valence-corrected chi connectivity index (χ3v) is 3.08. The van der Waals surface area contributed by atoms with E-state index in [9.17, 15) is 9.59 Å². The number of aliphatic hydroxyl groups excluding tert-OH is 1. The van der Waals surface area contributed by atoms with Gasteiger partial charge in [0.1, 0.15) is 5.75 Å². The summed E-state index contributed by atoms with van der Waals surface area (Å²) in [6.07, 6.45) is 2.79. The van der Waals surface area contributed by atoms with E-state index in [1.165, 1.54) is 20.3 Å². The third kappa shape index (κ3) is 5.20. The molecule has 0 fully saturated rings. The zero-order valence-electron chi connectivity index (χ0n) is 11.6. The molecule has 1 aromatic rings. The Morgan fingerprint density at radius 2 is 2.14 bits per heavy atom. The molecule has 0 aromatic heterocycles. The zero-order valence-corrected chi connectivity index (χ0v) is 13.2. The van der Waals surface area contributed by atoms with Crippen molar-refractivity contribution in [3.8, 4) is 5.75 Å². The molecule has 0 aliphatic rings. The molecule has 0 saturated carbocycles. The molecule has 6 nitrogen and oxygen atoms in total. The lowest BCUT2D eigenvalue weighted by atomic mass is 10.2. The quantitative estimate of drug-likeness (QED) is 0.588. The highest BCUT2D eigenvalue weighted by Gasteiger charge is 2.19. The standard InChI is InChI=1S/C14H16BrNO5/c1-20-12-5-4-10(15)7-9(12)3-6-13(18)16-11(8-17)14(19)21-2/h3-7,11,17H,8H2,1-2H3,(H,16,18)/b6-3+/t11-/m1/s1. The van der Waals surface area contributed by atoms with Crippen molar-refractivity contribution in [3.63, 3.8) is 0 Å². The maximum atomic E-state index is 11.7. The molecule has 0 radical (unpaired) electrons. The number of methoxy groups -OCH3 is 2. The molecule has 0 unspecified atom stereocenters. The van der Waals surface area contributed by atoms with Gasteiger partial charge >= 0.3 is 5.97 Å². The Labute approximate surface area is 130 Å². The first-order valence-corrected chi connectivity index (χ1v) is 6.82. The lowest BCUT2D eigenvalue weighted by molar-refractivity contribution is -0.145. The van der Waals surface area contributed by atoms with E-state index in [1.807, 2.05) is 6.07 Å². The van der Waals surface area contributed by atoms with Crippen molar-refractivity contribution in [2.24, 2.45) is 0 Å². The van der Waals surface area contributed by atoms with Crippen LogP contribution in [0, 0.1) is 0 Å². The number of benzene rings is 1. The second kappa shape index (κ2) is 8.43. The molecule has 0 aliphatic carbocycles. The highest BCUT2D eigenvalue weighted by Crippen LogP contribution is 2.23. The molecule has 1 amide bonds. The predicted molar refractivity (Wildman–Crippen MR) is 80.8 cm³/mol. The fourth-order valence-electron chi connectivity index (χ4n) is 1.54. The van der Waals surface area contributed by atoms with Gasteiger partial charge in [0.05, 0.1) is 20.8 Å². The summed E-state index contributed by atoms with van der Waals surface area (Å²) in [6.45, 7) is -0.535. The van der Waals surface area contributed by atoms with Crippen LogP contribution in [-0.4, -0.2) is 43.9 Å². The van der Waals surface area contributed by atoms with Crippen molar-refractivity contribution in [3.05, 3.63) is 34.3 Å². The Kier molecular flexibility index (Phi) is 6.90. The van der Waals surface area contributed by atoms with Crippen LogP contribution in [0.15, 0.2) is 28.7 Å². The number of halogens is 1. The van der Waals surface area contributed by atoms with E-state index >= 15 is 0 Å². The summed E-state index contributed by atoms with van der Waals surface area (Å²) in [7, 11) is 2.71. The minimum absolute atomic E-state index is 0.526. The van der Waals surface area contributed by atoms with Crippen LogP contribution in [0.3, 0.4) is 0 Å². The van der Waals surface area contributed by atoms with Crippen LogP contribution in [-0.2, 0) is 14.3 Å². The molecule has 7 heteroatoms. The van der Waals surface area contributed by atoms with Crippen molar-refractivity contribution in [2.75, 3.05) is 20.8 Å². The molecule has 1 aromatic carbocycles. The molecule has 1 atom stereocenters. The van der Waals surface area contributed by atoms with E-state index in [0.717, 1.165) is 4.47 Å². The number of carbonyl (C=O) groups excluding carboxylic acids is 2. The van der Waals surface area contributed by atoms with Gasteiger partial charge in [0, 0.05) is 16.1 Å². The van der Waals surface area contributed by atoms with Gasteiger partial charge in [-0.3, -0.25) is 4.79 Å². The Hall–Kier alpha value is -1.86. The molecule has 114 valence electrons. The number of ether oxygens (including phenoxy) is 2. The number of hydrogen-bond acceptors (Lipinski definition) is 5. The van der Waals surface area contributed by atoms with Crippen LogP contribution in [0.25, 0.3) is 6.08 Å². The molecule has 1 rings (SSSR count). The number of amides is 1. The normalized spacial score (nSPS) is 12.0. The highest BCUT2D eigenvalue weighted by molar-refractivity contribution is 9.10. The molecule has 0 spiro atoms. The SMILES string of the molecule is COC(=O)[C@@H](CO)NC(=O)/C=C/c1cc(Br)ccc1OC. The molecule has 2 N–H and O–H groups in total. The van der Waals surface area contributed by atoms with E-state index in [-0.39, 0.29) is 0 Å². The molecular weight excluding hydrogens is 342 g/mol. The summed E-state index contributed by atoms with van der Waals surface area (Å²) >= 11 is 3.33. The maximum Gasteiger partial charge on any atom is 0.330 e. The van der Waals surface area contributed by atoms with E-state index in [1.54, 1.807) is 18.2 Å². The lowest BCUT2D eigenvalue weighted by Crippen LogP contribution is -2.43. The van der Waals surface area contributed by atoms with Crippen molar-refractivity contribution < 1.29 is 24.2 Å². The van der Waals surface area contributed by atoms with E-state index in [0.29, 0.717) is 11.3 Å². The Balaban J connectivity index is 2.78. The Morgan fingerprint density at radius 1 is 1.43 bits per heavy atom. The van der Waals surface area contributed by atoms with E-state index < -0.39 is 24.5 Å². The fraction of sp³-hybridized carbons (Fsp3) is 0.286. The van der Waals surface area contributed by atoms with E-state index in [4.69, 9.17) is 9.84 Å².